The molecule has 1 aliphatic heterocycles. The Kier molecular flexibility index (Phi) is 6.97. The molecule has 158 valence electrons. The maximum absolute atomic E-state index is 10.8. The standard InChI is InChI=1S/C25H23ClN2O2S/c1-28(14-18-7-9-19(15-29)10-8-18)25-27-23(17-31-25)22-13-21(26)11-12-24(22)30-16-20-5-3-2-4-6-20/h2-13,15,17,25,27H,14,16H2,1H3. The third kappa shape index (κ3) is 5.50. The number of benzene rings is 3. The van der Waals surface area contributed by atoms with Gasteiger partial charge in [0.1, 0.15) is 24.1 Å². The monoisotopic (exact) mass is 450 g/mol. The van der Waals surface area contributed by atoms with Gasteiger partial charge in [-0.3, -0.25) is 9.69 Å². The Morgan fingerprint density at radius 2 is 1.84 bits per heavy atom. The summed E-state index contributed by atoms with van der Waals surface area (Å²) in [5.41, 5.74) is 4.98. The Morgan fingerprint density at radius 3 is 2.58 bits per heavy atom. The van der Waals surface area contributed by atoms with Crippen LogP contribution in [0.25, 0.3) is 5.70 Å². The van der Waals surface area contributed by atoms with Crippen LogP contribution in [0.15, 0.2) is 78.2 Å². The fourth-order valence-corrected chi connectivity index (χ4v) is 4.44. The first-order chi connectivity index (χ1) is 15.1. The van der Waals surface area contributed by atoms with Crippen LogP contribution in [0.4, 0.5) is 0 Å². The van der Waals surface area contributed by atoms with Crippen molar-refractivity contribution >= 4 is 35.3 Å². The zero-order valence-electron chi connectivity index (χ0n) is 17.1. The fourth-order valence-electron chi connectivity index (χ4n) is 3.34. The number of carbonyl (C=O) groups excluding carboxylic acids is 1. The number of thioether (sulfide) groups is 1. The molecular formula is C25H23ClN2O2S. The minimum absolute atomic E-state index is 0.0849. The first-order valence-electron chi connectivity index (χ1n) is 9.95. The van der Waals surface area contributed by atoms with Gasteiger partial charge in [-0.2, -0.15) is 0 Å². The number of hydrogen-bond acceptors (Lipinski definition) is 5. The van der Waals surface area contributed by atoms with Gasteiger partial charge in [0.25, 0.3) is 0 Å². The molecule has 4 nitrogen and oxygen atoms in total. The maximum Gasteiger partial charge on any atom is 0.150 e. The second-order valence-corrected chi connectivity index (χ2v) is 8.74. The normalized spacial score (nSPS) is 15.5. The highest BCUT2D eigenvalue weighted by Gasteiger charge is 2.24. The predicted molar refractivity (Wildman–Crippen MR) is 128 cm³/mol. The van der Waals surface area contributed by atoms with Crippen LogP contribution in [0.1, 0.15) is 27.0 Å². The second kappa shape index (κ2) is 10.1. The van der Waals surface area contributed by atoms with Crippen LogP contribution in [0.2, 0.25) is 5.02 Å². The van der Waals surface area contributed by atoms with Crippen LogP contribution >= 0.6 is 23.4 Å². The van der Waals surface area contributed by atoms with E-state index in [1.165, 1.54) is 0 Å². The van der Waals surface area contributed by atoms with Crippen LogP contribution in [0.3, 0.4) is 0 Å². The number of aldehydes is 1. The van der Waals surface area contributed by atoms with Crippen molar-refractivity contribution in [2.45, 2.75) is 18.6 Å². The van der Waals surface area contributed by atoms with Gasteiger partial charge in [-0.1, -0.05) is 78.0 Å². The SMILES string of the molecule is CN(Cc1ccc(C=O)cc1)C1NC(c2cc(Cl)ccc2OCc2ccccc2)=CS1. The van der Waals surface area contributed by atoms with Crippen LogP contribution in [-0.4, -0.2) is 23.7 Å². The van der Waals surface area contributed by atoms with Gasteiger partial charge in [0.15, 0.2) is 0 Å². The van der Waals surface area contributed by atoms with Crippen LogP contribution < -0.4 is 10.1 Å². The van der Waals surface area contributed by atoms with Crippen molar-refractivity contribution in [1.82, 2.24) is 10.2 Å². The predicted octanol–water partition coefficient (Wildman–Crippen LogP) is 5.78. The molecule has 0 fully saturated rings. The minimum Gasteiger partial charge on any atom is -0.488 e. The average molecular weight is 451 g/mol. The Balaban J connectivity index is 1.42. The Hall–Kier alpha value is -2.73. The molecule has 3 aromatic rings. The zero-order valence-corrected chi connectivity index (χ0v) is 18.7. The Bertz CT molecular complexity index is 1070. The van der Waals surface area contributed by atoms with Gasteiger partial charge in [-0.15, -0.1) is 0 Å². The van der Waals surface area contributed by atoms with Crippen LogP contribution in [0, 0.1) is 0 Å². The van der Waals surface area contributed by atoms with E-state index >= 15 is 0 Å². The highest BCUT2D eigenvalue weighted by Crippen LogP contribution is 2.35. The van der Waals surface area contributed by atoms with Gasteiger partial charge in [0, 0.05) is 22.7 Å². The molecule has 1 unspecified atom stereocenters. The smallest absolute Gasteiger partial charge is 0.150 e. The quantitative estimate of drug-likeness (QED) is 0.440. The lowest BCUT2D eigenvalue weighted by molar-refractivity contribution is 0.112. The largest absolute Gasteiger partial charge is 0.488 e. The molecule has 1 atom stereocenters. The van der Waals surface area contributed by atoms with E-state index in [4.69, 9.17) is 16.3 Å². The topological polar surface area (TPSA) is 41.6 Å². The third-order valence-electron chi connectivity index (χ3n) is 5.01. The van der Waals surface area contributed by atoms with Gasteiger partial charge in [-0.05, 0) is 41.8 Å². The molecule has 0 saturated heterocycles. The van der Waals surface area contributed by atoms with Gasteiger partial charge >= 0.3 is 0 Å². The molecule has 1 heterocycles. The van der Waals surface area contributed by atoms with Crippen molar-refractivity contribution in [3.05, 3.63) is 105 Å². The van der Waals surface area contributed by atoms with Gasteiger partial charge in [0.2, 0.25) is 0 Å². The highest BCUT2D eigenvalue weighted by atomic mass is 35.5. The summed E-state index contributed by atoms with van der Waals surface area (Å²) in [6.07, 6.45) is 0.862. The number of carbonyl (C=O) groups is 1. The molecule has 1 aliphatic rings. The van der Waals surface area contributed by atoms with Crippen LogP contribution in [0.5, 0.6) is 5.75 Å². The fraction of sp³-hybridized carbons (Fsp3) is 0.160. The lowest BCUT2D eigenvalue weighted by Crippen LogP contribution is -2.36. The summed E-state index contributed by atoms with van der Waals surface area (Å²) in [6.45, 7) is 1.26. The van der Waals surface area contributed by atoms with Crippen LogP contribution in [-0.2, 0) is 13.2 Å². The molecule has 0 amide bonds. The number of nitrogens with zero attached hydrogens (tertiary/aromatic N) is 1. The molecule has 4 rings (SSSR count). The molecule has 31 heavy (non-hydrogen) atoms. The van der Waals surface area contributed by atoms with E-state index in [-0.39, 0.29) is 5.50 Å². The van der Waals surface area contributed by atoms with Crippen molar-refractivity contribution in [1.29, 1.82) is 0 Å². The minimum atomic E-state index is 0.0849. The number of rotatable bonds is 8. The average Bonchev–Trinajstić information content (AvgIpc) is 3.30. The summed E-state index contributed by atoms with van der Waals surface area (Å²) in [6, 6.07) is 23.5. The van der Waals surface area contributed by atoms with Gasteiger partial charge < -0.3 is 10.1 Å². The first-order valence-corrected chi connectivity index (χ1v) is 11.3. The summed E-state index contributed by atoms with van der Waals surface area (Å²) in [5, 5.41) is 6.35. The van der Waals surface area contributed by atoms with E-state index in [1.54, 1.807) is 11.8 Å². The lowest BCUT2D eigenvalue weighted by Gasteiger charge is -2.25. The summed E-state index contributed by atoms with van der Waals surface area (Å²) in [7, 11) is 2.07. The molecule has 0 bridgehead atoms. The number of ether oxygens (including phenoxy) is 1. The van der Waals surface area contributed by atoms with E-state index in [0.29, 0.717) is 17.2 Å². The van der Waals surface area contributed by atoms with Crippen molar-refractivity contribution in [3.63, 3.8) is 0 Å². The Morgan fingerprint density at radius 1 is 1.06 bits per heavy atom. The maximum atomic E-state index is 10.8. The molecule has 1 N–H and O–H groups in total. The first kappa shape index (κ1) is 21.5. The summed E-state index contributed by atoms with van der Waals surface area (Å²) in [5.74, 6) is 0.792. The molecular weight excluding hydrogens is 428 g/mol. The number of hydrogen-bond donors (Lipinski definition) is 1. The molecule has 0 spiro atoms. The summed E-state index contributed by atoms with van der Waals surface area (Å²) >= 11 is 8.00. The second-order valence-electron chi connectivity index (χ2n) is 7.35. The lowest BCUT2D eigenvalue weighted by atomic mass is 10.1. The van der Waals surface area contributed by atoms with E-state index in [0.717, 1.165) is 41.0 Å². The van der Waals surface area contributed by atoms with Crippen molar-refractivity contribution in [2.24, 2.45) is 0 Å². The summed E-state index contributed by atoms with van der Waals surface area (Å²) < 4.78 is 6.11. The van der Waals surface area contributed by atoms with E-state index in [1.807, 2.05) is 72.8 Å². The number of nitrogens with one attached hydrogen (secondary N) is 1. The van der Waals surface area contributed by atoms with Crippen molar-refractivity contribution < 1.29 is 9.53 Å². The molecule has 3 aromatic carbocycles. The van der Waals surface area contributed by atoms with Crippen molar-refractivity contribution in [3.8, 4) is 5.75 Å². The Labute approximate surface area is 191 Å². The molecule has 6 heteroatoms. The summed E-state index contributed by atoms with van der Waals surface area (Å²) in [4.78, 5) is 13.1. The van der Waals surface area contributed by atoms with E-state index < -0.39 is 0 Å². The van der Waals surface area contributed by atoms with Gasteiger partial charge in [-0.25, -0.2) is 0 Å². The molecule has 0 radical (unpaired) electrons. The van der Waals surface area contributed by atoms with E-state index in [9.17, 15) is 4.79 Å². The third-order valence-corrected chi connectivity index (χ3v) is 6.35. The van der Waals surface area contributed by atoms with Crippen molar-refractivity contribution in [2.75, 3.05) is 7.05 Å². The van der Waals surface area contributed by atoms with E-state index in [2.05, 4.69) is 22.7 Å². The van der Waals surface area contributed by atoms with Gasteiger partial charge in [0.05, 0.1) is 5.70 Å². The highest BCUT2D eigenvalue weighted by molar-refractivity contribution is 8.03. The molecule has 0 aromatic heterocycles. The number of halogens is 1. The molecule has 0 saturated carbocycles. The molecule has 0 aliphatic carbocycles. The zero-order chi connectivity index (χ0) is 21.6.